The van der Waals surface area contributed by atoms with Crippen LogP contribution in [0.25, 0.3) is 10.8 Å². The monoisotopic (exact) mass is 215 g/mol. The van der Waals surface area contributed by atoms with Crippen LogP contribution in [0.3, 0.4) is 0 Å². The summed E-state index contributed by atoms with van der Waals surface area (Å²) in [7, 11) is 0. The number of hydrogen-bond acceptors (Lipinski definition) is 1. The van der Waals surface area contributed by atoms with Crippen molar-refractivity contribution in [2.45, 2.75) is 6.92 Å². The molecular weight excluding hydrogens is 205 g/mol. The quantitative estimate of drug-likeness (QED) is 0.657. The fourth-order valence-corrected chi connectivity index (χ4v) is 1.27. The summed E-state index contributed by atoms with van der Waals surface area (Å²) in [5.74, 6) is 0. The van der Waals surface area contributed by atoms with Gasteiger partial charge in [0.2, 0.25) is 0 Å². The first kappa shape index (κ1) is 12.2. The first-order valence-electron chi connectivity index (χ1n) is 3.67. The summed E-state index contributed by atoms with van der Waals surface area (Å²) in [6.45, 7) is 2.08. The number of aryl methyl sites for hydroxylation is 1. The van der Waals surface area contributed by atoms with Crippen molar-refractivity contribution in [2.24, 2.45) is 0 Å². The molecule has 0 aliphatic rings. The van der Waals surface area contributed by atoms with Crippen LogP contribution in [0.2, 0.25) is 0 Å². The molecule has 0 aliphatic heterocycles. The Morgan fingerprint density at radius 3 is 2.38 bits per heavy atom. The molecule has 0 unspecified atom stereocenters. The lowest BCUT2D eigenvalue weighted by molar-refractivity contribution is 1.31. The van der Waals surface area contributed by atoms with E-state index in [-0.39, 0.29) is 24.8 Å². The number of aromatic nitrogens is 1. The lowest BCUT2D eigenvalue weighted by atomic mass is 10.1. The van der Waals surface area contributed by atoms with E-state index in [1.807, 2.05) is 18.5 Å². The summed E-state index contributed by atoms with van der Waals surface area (Å²) in [4.78, 5) is 4.11. The second-order valence-corrected chi connectivity index (χ2v) is 2.68. The first-order valence-corrected chi connectivity index (χ1v) is 3.67. The van der Waals surface area contributed by atoms with Gasteiger partial charge in [0.15, 0.2) is 0 Å². The van der Waals surface area contributed by atoms with Gasteiger partial charge >= 0.3 is 0 Å². The molecule has 2 aromatic rings. The summed E-state index contributed by atoms with van der Waals surface area (Å²) in [6, 6.07) is 8.28. The van der Waals surface area contributed by atoms with Crippen molar-refractivity contribution in [1.29, 1.82) is 0 Å². The first-order chi connectivity index (χ1) is 5.38. The Bertz CT molecular complexity index is 382. The summed E-state index contributed by atoms with van der Waals surface area (Å²) in [5, 5.41) is 2.51. The Labute approximate surface area is 90.0 Å². The second kappa shape index (κ2) is 5.05. The highest BCUT2D eigenvalue weighted by molar-refractivity contribution is 5.85. The maximum atomic E-state index is 4.11. The zero-order chi connectivity index (χ0) is 7.68. The molecule has 3 heteroatoms. The normalized spacial score (nSPS) is 8.69. The average molecular weight is 216 g/mol. The Balaban J connectivity index is 0.000000720. The summed E-state index contributed by atoms with van der Waals surface area (Å²) in [6.07, 6.45) is 3.78. The van der Waals surface area contributed by atoms with Gasteiger partial charge in [-0.3, -0.25) is 4.98 Å². The number of fused-ring (bicyclic) bond motifs is 1. The molecule has 1 heterocycles. The molecule has 0 saturated carbocycles. The van der Waals surface area contributed by atoms with Gasteiger partial charge in [-0.25, -0.2) is 0 Å². The van der Waals surface area contributed by atoms with E-state index in [4.69, 9.17) is 0 Å². The Hall–Kier alpha value is -0.790. The van der Waals surface area contributed by atoms with Gasteiger partial charge in [0.05, 0.1) is 0 Å². The minimum atomic E-state index is 0. The fraction of sp³-hybridized carbons (Fsp3) is 0.100. The molecule has 0 amide bonds. The molecule has 0 atom stereocenters. The number of halogens is 2. The molecule has 1 aromatic carbocycles. The number of rotatable bonds is 0. The SMILES string of the molecule is Cc1cncc2ccccc12.Cl.Cl. The van der Waals surface area contributed by atoms with Crippen LogP contribution < -0.4 is 0 Å². The van der Waals surface area contributed by atoms with E-state index in [9.17, 15) is 0 Å². The lowest BCUT2D eigenvalue weighted by Gasteiger charge is -1.98. The Kier molecular flexibility index (Phi) is 4.74. The third-order valence-electron chi connectivity index (χ3n) is 1.87. The van der Waals surface area contributed by atoms with Crippen molar-refractivity contribution >= 4 is 35.6 Å². The zero-order valence-electron chi connectivity index (χ0n) is 7.23. The molecule has 1 nitrogen and oxygen atoms in total. The molecule has 0 fully saturated rings. The van der Waals surface area contributed by atoms with E-state index in [1.54, 1.807) is 0 Å². The molecule has 0 N–H and O–H groups in total. The van der Waals surface area contributed by atoms with Crippen LogP contribution in [-0.2, 0) is 0 Å². The molecule has 0 bridgehead atoms. The van der Waals surface area contributed by atoms with Gasteiger partial charge in [0.1, 0.15) is 0 Å². The van der Waals surface area contributed by atoms with Crippen LogP contribution in [0.15, 0.2) is 36.7 Å². The second-order valence-electron chi connectivity index (χ2n) is 2.68. The minimum Gasteiger partial charge on any atom is -0.264 e. The molecule has 0 aliphatic carbocycles. The highest BCUT2D eigenvalue weighted by Gasteiger charge is 1.93. The summed E-state index contributed by atoms with van der Waals surface area (Å²) in [5.41, 5.74) is 1.24. The standard InChI is InChI=1S/C10H9N.2ClH/c1-8-6-11-7-9-4-2-3-5-10(8)9;;/h2-7H,1H3;2*1H. The molecule has 1 aromatic heterocycles. The molecule has 2 rings (SSSR count). The number of hydrogen-bond donors (Lipinski definition) is 0. The maximum Gasteiger partial charge on any atom is 0.0346 e. The van der Waals surface area contributed by atoms with Crippen LogP contribution in [0, 0.1) is 6.92 Å². The van der Waals surface area contributed by atoms with Gasteiger partial charge in [0, 0.05) is 17.8 Å². The lowest BCUT2D eigenvalue weighted by Crippen LogP contribution is -1.79. The topological polar surface area (TPSA) is 12.9 Å². The van der Waals surface area contributed by atoms with Crippen molar-refractivity contribution in [3.05, 3.63) is 42.2 Å². The van der Waals surface area contributed by atoms with Gasteiger partial charge < -0.3 is 0 Å². The van der Waals surface area contributed by atoms with Crippen molar-refractivity contribution in [3.8, 4) is 0 Å². The van der Waals surface area contributed by atoms with Crippen molar-refractivity contribution < 1.29 is 0 Å². The van der Waals surface area contributed by atoms with Gasteiger partial charge in [-0.1, -0.05) is 24.3 Å². The van der Waals surface area contributed by atoms with Crippen molar-refractivity contribution in [2.75, 3.05) is 0 Å². The van der Waals surface area contributed by atoms with E-state index >= 15 is 0 Å². The minimum absolute atomic E-state index is 0. The number of pyridine rings is 1. The van der Waals surface area contributed by atoms with Crippen LogP contribution >= 0.6 is 24.8 Å². The number of nitrogens with zero attached hydrogens (tertiary/aromatic N) is 1. The van der Waals surface area contributed by atoms with Gasteiger partial charge in [0.25, 0.3) is 0 Å². The van der Waals surface area contributed by atoms with Gasteiger partial charge in [-0.05, 0) is 17.9 Å². The van der Waals surface area contributed by atoms with Crippen LogP contribution in [0.1, 0.15) is 5.56 Å². The Morgan fingerprint density at radius 1 is 1.00 bits per heavy atom. The molecule has 70 valence electrons. The molecule has 13 heavy (non-hydrogen) atoms. The van der Waals surface area contributed by atoms with E-state index in [1.165, 1.54) is 16.3 Å². The average Bonchev–Trinajstić information content (AvgIpc) is 2.06. The van der Waals surface area contributed by atoms with E-state index in [0.717, 1.165) is 0 Å². The van der Waals surface area contributed by atoms with E-state index in [0.29, 0.717) is 0 Å². The van der Waals surface area contributed by atoms with Crippen molar-refractivity contribution in [1.82, 2.24) is 4.98 Å². The highest BCUT2D eigenvalue weighted by atomic mass is 35.5. The predicted octanol–water partition coefficient (Wildman–Crippen LogP) is 3.39. The summed E-state index contributed by atoms with van der Waals surface area (Å²) >= 11 is 0. The fourth-order valence-electron chi connectivity index (χ4n) is 1.27. The maximum absolute atomic E-state index is 4.11. The molecular formula is C10H11Cl2N. The van der Waals surface area contributed by atoms with Crippen LogP contribution in [0.5, 0.6) is 0 Å². The molecule has 0 radical (unpaired) electrons. The largest absolute Gasteiger partial charge is 0.264 e. The third kappa shape index (κ3) is 2.33. The predicted molar refractivity (Wildman–Crippen MR) is 61.0 cm³/mol. The molecule has 0 saturated heterocycles. The van der Waals surface area contributed by atoms with E-state index < -0.39 is 0 Å². The smallest absolute Gasteiger partial charge is 0.0346 e. The number of benzene rings is 1. The molecule has 0 spiro atoms. The van der Waals surface area contributed by atoms with Crippen LogP contribution in [-0.4, -0.2) is 4.98 Å². The van der Waals surface area contributed by atoms with Gasteiger partial charge in [-0.2, -0.15) is 0 Å². The highest BCUT2D eigenvalue weighted by Crippen LogP contribution is 2.14. The third-order valence-corrected chi connectivity index (χ3v) is 1.87. The summed E-state index contributed by atoms with van der Waals surface area (Å²) < 4.78 is 0. The van der Waals surface area contributed by atoms with Crippen LogP contribution in [0.4, 0.5) is 0 Å². The Morgan fingerprint density at radius 2 is 1.69 bits per heavy atom. The van der Waals surface area contributed by atoms with E-state index in [2.05, 4.69) is 30.1 Å². The van der Waals surface area contributed by atoms with Crippen molar-refractivity contribution in [3.63, 3.8) is 0 Å². The zero-order valence-corrected chi connectivity index (χ0v) is 8.86. The van der Waals surface area contributed by atoms with Gasteiger partial charge in [-0.15, -0.1) is 24.8 Å².